The molecule has 0 spiro atoms. The number of furan rings is 2. The van der Waals surface area contributed by atoms with E-state index in [0.717, 1.165) is 146 Å². The smallest absolute Gasteiger partial charge is 0.162 e. The van der Waals surface area contributed by atoms with Gasteiger partial charge in [-0.2, -0.15) is 0 Å². The van der Waals surface area contributed by atoms with Crippen molar-refractivity contribution in [1.82, 2.24) is 0 Å². The van der Waals surface area contributed by atoms with E-state index in [1.807, 2.05) is 0 Å². The highest BCUT2D eigenvalue weighted by atomic mass is 16.3. The van der Waals surface area contributed by atoms with E-state index in [2.05, 4.69) is 247 Å². The quantitative estimate of drug-likeness (QED) is 0.131. The Morgan fingerprint density at radius 2 is 0.825 bits per heavy atom. The number of hydrogen-bond donors (Lipinski definition) is 1. The van der Waals surface area contributed by atoms with Gasteiger partial charge in [0, 0.05) is 49.6 Å². The van der Waals surface area contributed by atoms with Gasteiger partial charge in [0.15, 0.2) is 11.2 Å². The first-order valence-electron chi connectivity index (χ1n) is 28.7. The molecule has 80 heavy (non-hydrogen) atoms. The number of fused-ring (bicyclic) bond motifs is 7. The van der Waals surface area contributed by atoms with Crippen molar-refractivity contribution in [1.29, 1.82) is 0 Å². The second kappa shape index (κ2) is 19.8. The van der Waals surface area contributed by atoms with Crippen LogP contribution in [0.3, 0.4) is 0 Å². The third-order valence-corrected chi connectivity index (χ3v) is 17.7. The van der Waals surface area contributed by atoms with E-state index in [1.54, 1.807) is 0 Å². The maximum atomic E-state index is 12.3. The number of para-hydroxylation sites is 4. The summed E-state index contributed by atoms with van der Waals surface area (Å²) in [5.41, 5.74) is 19.1. The Labute approximate surface area is 466 Å². The largest absolute Gasteiger partial charge is 0.507 e. The van der Waals surface area contributed by atoms with Gasteiger partial charge < -0.3 is 23.7 Å². The minimum atomic E-state index is 0.360. The summed E-state index contributed by atoms with van der Waals surface area (Å²) in [5.74, 6) is 1.23. The molecule has 2 aliphatic rings. The SMILES string of the molecule is Cc1c(-c2cccc(C3CCCC3)c2O)cccc1N(c1ccc(-c2ccccc2)cc1)c1c2ccccc2c(N(c2ccc(-c3ccccc3)cc2)c2cccc3c2oc2c(C4CCCC4)cccc23)c2c1oc1ccccc12. The monoisotopic (exact) mass is 1040 g/mol. The van der Waals surface area contributed by atoms with Gasteiger partial charge in [-0.05, 0) is 131 Å². The van der Waals surface area contributed by atoms with Crippen molar-refractivity contribution < 1.29 is 13.9 Å². The molecule has 2 fully saturated rings. The van der Waals surface area contributed by atoms with Gasteiger partial charge in [0.25, 0.3) is 0 Å². The Balaban J connectivity index is 1.02. The second-order valence-corrected chi connectivity index (χ2v) is 22.2. The van der Waals surface area contributed by atoms with Crippen LogP contribution in [0.2, 0.25) is 0 Å². The normalized spacial score (nSPS) is 14.1. The summed E-state index contributed by atoms with van der Waals surface area (Å²) in [4.78, 5) is 4.85. The molecule has 15 rings (SSSR count). The van der Waals surface area contributed by atoms with Gasteiger partial charge in [-0.3, -0.25) is 0 Å². The van der Waals surface area contributed by atoms with Gasteiger partial charge in [0.05, 0.1) is 22.4 Å². The molecule has 0 unspecified atom stereocenters. The predicted octanol–water partition coefficient (Wildman–Crippen LogP) is 21.9. The Hall–Kier alpha value is -9.32. The molecule has 11 aromatic carbocycles. The molecule has 5 nitrogen and oxygen atoms in total. The molecule has 388 valence electrons. The molecule has 2 heterocycles. The highest BCUT2D eigenvalue weighted by Gasteiger charge is 2.33. The molecule has 1 N–H and O–H groups in total. The molecule has 0 saturated heterocycles. The zero-order chi connectivity index (χ0) is 53.3. The zero-order valence-electron chi connectivity index (χ0n) is 44.9. The van der Waals surface area contributed by atoms with Crippen LogP contribution in [0.5, 0.6) is 5.75 Å². The molecular formula is C75H60N2O3. The van der Waals surface area contributed by atoms with Gasteiger partial charge in [-0.15, -0.1) is 0 Å². The number of rotatable bonds is 11. The fourth-order valence-corrected chi connectivity index (χ4v) is 13.8. The summed E-state index contributed by atoms with van der Waals surface area (Å²) in [5, 5.41) is 18.6. The number of benzene rings is 11. The molecular weight excluding hydrogens is 977 g/mol. The molecule has 5 heteroatoms. The number of nitrogens with zero attached hydrogens (tertiary/aromatic N) is 2. The van der Waals surface area contributed by atoms with Gasteiger partial charge in [0.2, 0.25) is 0 Å². The lowest BCUT2D eigenvalue weighted by Gasteiger charge is -2.32. The van der Waals surface area contributed by atoms with Gasteiger partial charge >= 0.3 is 0 Å². The zero-order valence-corrected chi connectivity index (χ0v) is 44.9. The standard InChI is InChI=1S/C75H60N2O3/c1-48-57(62-34-16-32-58(72(62)78)53-24-8-9-25-53)31-18-37-66(48)76(55-44-40-51(41-45-55)49-20-4-2-5-21-49)71-61-29-13-12-28-60(61)70(69-65-30-14-15-39-68(65)79-75(69)71)77(56-46-42-52(43-47-56)50-22-6-3-7-23-50)67-38-19-36-64-63-35-17-33-59(54-26-10-11-27-54)73(63)80-74(64)67/h2-7,12-23,28-47,53-54,78H,8-11,24-27H2,1H3. The highest BCUT2D eigenvalue weighted by molar-refractivity contribution is 6.29. The average molecular weight is 1040 g/mol. The molecule has 0 bridgehead atoms. The molecule has 13 aromatic rings. The number of phenols is 1. The van der Waals surface area contributed by atoms with Crippen LogP contribution >= 0.6 is 0 Å². The van der Waals surface area contributed by atoms with Crippen LogP contribution in [0.25, 0.3) is 88.0 Å². The number of anilines is 6. The molecule has 2 saturated carbocycles. The fraction of sp³-hybridized carbons (Fsp3) is 0.147. The van der Waals surface area contributed by atoms with E-state index < -0.39 is 0 Å². The van der Waals surface area contributed by atoms with Crippen LogP contribution in [0.15, 0.2) is 239 Å². The molecule has 0 atom stereocenters. The Morgan fingerprint density at radius 1 is 0.362 bits per heavy atom. The predicted molar refractivity (Wildman–Crippen MR) is 333 cm³/mol. The first kappa shape index (κ1) is 47.9. The Morgan fingerprint density at radius 3 is 1.48 bits per heavy atom. The second-order valence-electron chi connectivity index (χ2n) is 22.2. The molecule has 0 amide bonds. The first-order chi connectivity index (χ1) is 39.6. The maximum Gasteiger partial charge on any atom is 0.162 e. The van der Waals surface area contributed by atoms with E-state index >= 15 is 0 Å². The maximum absolute atomic E-state index is 12.3. The van der Waals surface area contributed by atoms with Gasteiger partial charge in [0.1, 0.15) is 16.9 Å². The lowest BCUT2D eigenvalue weighted by Crippen LogP contribution is -2.15. The van der Waals surface area contributed by atoms with Crippen LogP contribution in [0.4, 0.5) is 34.1 Å². The number of phenolic OH excluding ortho intramolecular Hbond substituents is 1. The lowest BCUT2D eigenvalue weighted by atomic mass is 9.90. The van der Waals surface area contributed by atoms with Gasteiger partial charge in [-0.1, -0.05) is 214 Å². The summed E-state index contributed by atoms with van der Waals surface area (Å²) in [6.45, 7) is 2.21. The van der Waals surface area contributed by atoms with E-state index in [1.165, 1.54) is 44.1 Å². The molecule has 0 aliphatic heterocycles. The van der Waals surface area contributed by atoms with Crippen LogP contribution in [-0.4, -0.2) is 5.11 Å². The van der Waals surface area contributed by atoms with Crippen LogP contribution in [0, 0.1) is 6.92 Å². The summed E-state index contributed by atoms with van der Waals surface area (Å²) >= 11 is 0. The summed E-state index contributed by atoms with van der Waals surface area (Å²) in [6, 6.07) is 82.8. The topological polar surface area (TPSA) is 53.0 Å². The average Bonchev–Trinajstić information content (AvgIpc) is 4.45. The van der Waals surface area contributed by atoms with E-state index in [-0.39, 0.29) is 0 Å². The van der Waals surface area contributed by atoms with Crippen LogP contribution in [0.1, 0.15) is 79.9 Å². The van der Waals surface area contributed by atoms with Crippen molar-refractivity contribution in [3.63, 3.8) is 0 Å². The minimum Gasteiger partial charge on any atom is -0.507 e. The summed E-state index contributed by atoms with van der Waals surface area (Å²) in [6.07, 6.45) is 9.45. The van der Waals surface area contributed by atoms with Crippen molar-refractivity contribution in [3.05, 3.63) is 247 Å². The summed E-state index contributed by atoms with van der Waals surface area (Å²) < 4.78 is 14.8. The third kappa shape index (κ3) is 7.97. The van der Waals surface area contributed by atoms with Gasteiger partial charge in [-0.25, -0.2) is 0 Å². The summed E-state index contributed by atoms with van der Waals surface area (Å²) in [7, 11) is 0. The van der Waals surface area contributed by atoms with Crippen molar-refractivity contribution >= 4 is 88.8 Å². The van der Waals surface area contributed by atoms with Crippen LogP contribution < -0.4 is 9.80 Å². The van der Waals surface area contributed by atoms with E-state index in [0.29, 0.717) is 17.6 Å². The van der Waals surface area contributed by atoms with E-state index in [4.69, 9.17) is 8.83 Å². The van der Waals surface area contributed by atoms with Crippen molar-refractivity contribution in [2.45, 2.75) is 70.1 Å². The van der Waals surface area contributed by atoms with Crippen LogP contribution in [-0.2, 0) is 0 Å². The fourth-order valence-electron chi connectivity index (χ4n) is 13.8. The lowest BCUT2D eigenvalue weighted by molar-refractivity contribution is 0.463. The van der Waals surface area contributed by atoms with Crippen molar-refractivity contribution in [3.8, 4) is 39.1 Å². The van der Waals surface area contributed by atoms with Crippen molar-refractivity contribution in [2.75, 3.05) is 9.80 Å². The molecule has 0 radical (unpaired) electrons. The molecule has 2 aromatic heterocycles. The Bertz CT molecular complexity index is 4450. The Kier molecular flexibility index (Phi) is 11.9. The first-order valence-corrected chi connectivity index (χ1v) is 28.7. The minimum absolute atomic E-state index is 0.360. The molecule has 2 aliphatic carbocycles. The number of aromatic hydroxyl groups is 1. The highest BCUT2D eigenvalue weighted by Crippen LogP contribution is 2.56. The van der Waals surface area contributed by atoms with E-state index in [9.17, 15) is 5.11 Å². The number of hydrogen-bond acceptors (Lipinski definition) is 5. The third-order valence-electron chi connectivity index (χ3n) is 17.7. The van der Waals surface area contributed by atoms with Crippen molar-refractivity contribution in [2.24, 2.45) is 0 Å².